The van der Waals surface area contributed by atoms with Crippen LogP contribution in [0, 0.1) is 11.0 Å². The lowest BCUT2D eigenvalue weighted by Gasteiger charge is -2.40. The zero-order chi connectivity index (χ0) is 17.5. The SMILES string of the molecule is CCCCC1(C(F)(F)F)c2cc(F)ccc2Nc2c1ccc[n+]2[O-]. The first kappa shape index (κ1) is 16.5. The summed E-state index contributed by atoms with van der Waals surface area (Å²) in [6.45, 7) is 1.79. The van der Waals surface area contributed by atoms with E-state index in [0.717, 1.165) is 18.3 Å². The fraction of sp³-hybridized carbons (Fsp3) is 0.353. The van der Waals surface area contributed by atoms with Crippen LogP contribution in [0.4, 0.5) is 29.1 Å². The van der Waals surface area contributed by atoms with Gasteiger partial charge in [0.25, 0.3) is 5.82 Å². The molecule has 1 unspecified atom stereocenters. The van der Waals surface area contributed by atoms with Crippen molar-refractivity contribution in [1.29, 1.82) is 0 Å². The summed E-state index contributed by atoms with van der Waals surface area (Å²) in [5.74, 6) is -0.903. The highest BCUT2D eigenvalue weighted by Gasteiger charge is 2.61. The van der Waals surface area contributed by atoms with Crippen molar-refractivity contribution in [1.82, 2.24) is 0 Å². The Bertz CT molecular complexity index is 772. The maximum atomic E-state index is 14.3. The molecule has 24 heavy (non-hydrogen) atoms. The molecule has 1 N–H and O–H groups in total. The van der Waals surface area contributed by atoms with E-state index >= 15 is 0 Å². The van der Waals surface area contributed by atoms with E-state index in [1.807, 2.05) is 0 Å². The Morgan fingerprint density at radius 1 is 1.21 bits per heavy atom. The van der Waals surface area contributed by atoms with Gasteiger partial charge >= 0.3 is 6.18 Å². The van der Waals surface area contributed by atoms with Crippen LogP contribution >= 0.6 is 0 Å². The number of anilines is 2. The zero-order valence-corrected chi connectivity index (χ0v) is 13.0. The predicted octanol–water partition coefficient (Wildman–Crippen LogP) is 4.55. The van der Waals surface area contributed by atoms with Gasteiger partial charge in [-0.2, -0.15) is 13.2 Å². The molecule has 0 radical (unpaired) electrons. The van der Waals surface area contributed by atoms with Crippen LogP contribution in [0.1, 0.15) is 37.3 Å². The smallest absolute Gasteiger partial charge is 0.402 e. The van der Waals surface area contributed by atoms with Gasteiger partial charge in [-0.3, -0.25) is 0 Å². The van der Waals surface area contributed by atoms with Crippen molar-refractivity contribution in [2.75, 3.05) is 5.32 Å². The van der Waals surface area contributed by atoms with Crippen molar-refractivity contribution in [3.05, 3.63) is 58.7 Å². The molecular weight excluding hydrogens is 324 g/mol. The molecule has 1 aromatic carbocycles. The lowest BCUT2D eigenvalue weighted by Crippen LogP contribution is -2.49. The first-order chi connectivity index (χ1) is 11.3. The standard InChI is InChI=1S/C17H16F4N2O/c1-2-3-8-16(17(19,20)21)12-5-4-9-23(24)15(12)22-14-7-6-11(18)10-13(14)16/h4-7,9-10,22H,2-3,8H2,1H3. The Balaban J connectivity index is 2.37. The number of nitrogens with one attached hydrogen (secondary N) is 1. The number of benzene rings is 1. The van der Waals surface area contributed by atoms with Crippen LogP contribution in [-0.4, -0.2) is 6.18 Å². The number of rotatable bonds is 3. The minimum atomic E-state index is -4.67. The second-order valence-corrected chi connectivity index (χ2v) is 5.92. The highest BCUT2D eigenvalue weighted by atomic mass is 19.4. The number of pyridine rings is 1. The van der Waals surface area contributed by atoms with E-state index in [4.69, 9.17) is 0 Å². The Morgan fingerprint density at radius 2 is 1.96 bits per heavy atom. The van der Waals surface area contributed by atoms with Gasteiger partial charge in [0, 0.05) is 5.56 Å². The van der Waals surface area contributed by atoms with Crippen molar-refractivity contribution in [2.24, 2.45) is 0 Å². The number of hydrogen-bond donors (Lipinski definition) is 1. The van der Waals surface area contributed by atoms with E-state index in [9.17, 15) is 22.8 Å². The predicted molar refractivity (Wildman–Crippen MR) is 81.4 cm³/mol. The van der Waals surface area contributed by atoms with Crippen LogP contribution in [0.15, 0.2) is 36.5 Å². The number of aromatic nitrogens is 1. The molecule has 0 bridgehead atoms. The zero-order valence-electron chi connectivity index (χ0n) is 13.0. The summed E-state index contributed by atoms with van der Waals surface area (Å²) in [6.07, 6.45) is -2.93. The molecule has 2 aromatic rings. The maximum Gasteiger partial charge on any atom is 0.402 e. The van der Waals surface area contributed by atoms with Gasteiger partial charge in [-0.1, -0.05) is 19.8 Å². The third-order valence-corrected chi connectivity index (χ3v) is 4.50. The molecule has 1 aromatic heterocycles. The molecule has 0 amide bonds. The van der Waals surface area contributed by atoms with Crippen molar-refractivity contribution < 1.29 is 22.3 Å². The first-order valence-corrected chi connectivity index (χ1v) is 7.67. The Hall–Kier alpha value is -2.31. The molecule has 1 aliphatic rings. The van der Waals surface area contributed by atoms with E-state index in [1.165, 1.54) is 18.2 Å². The summed E-state index contributed by atoms with van der Waals surface area (Å²) in [5, 5.41) is 14.8. The van der Waals surface area contributed by atoms with Crippen LogP contribution in [0.25, 0.3) is 0 Å². The largest absolute Gasteiger partial charge is 0.711 e. The molecule has 7 heteroatoms. The Labute approximate surface area is 136 Å². The van der Waals surface area contributed by atoms with Crippen LogP contribution < -0.4 is 10.0 Å². The number of alkyl halides is 3. The average molecular weight is 340 g/mol. The first-order valence-electron chi connectivity index (χ1n) is 7.67. The summed E-state index contributed by atoms with van der Waals surface area (Å²) < 4.78 is 57.0. The molecular formula is C17H16F4N2O. The molecule has 0 spiro atoms. The minimum absolute atomic E-state index is 0.105. The highest BCUT2D eigenvalue weighted by molar-refractivity contribution is 5.72. The van der Waals surface area contributed by atoms with Crippen LogP contribution in [-0.2, 0) is 5.41 Å². The van der Waals surface area contributed by atoms with Crippen molar-refractivity contribution in [2.45, 2.75) is 37.8 Å². The van der Waals surface area contributed by atoms with Gasteiger partial charge in [-0.25, -0.2) is 14.4 Å². The quantitative estimate of drug-likeness (QED) is 0.506. The molecule has 3 nitrogen and oxygen atoms in total. The van der Waals surface area contributed by atoms with Gasteiger partial charge in [-0.15, -0.1) is 0 Å². The van der Waals surface area contributed by atoms with E-state index in [2.05, 4.69) is 5.32 Å². The van der Waals surface area contributed by atoms with Gasteiger partial charge in [0.15, 0.2) is 0 Å². The number of hydrogen-bond acceptors (Lipinski definition) is 2. The maximum absolute atomic E-state index is 14.3. The van der Waals surface area contributed by atoms with E-state index in [1.54, 1.807) is 6.92 Å². The third-order valence-electron chi connectivity index (χ3n) is 4.50. The van der Waals surface area contributed by atoms with Crippen LogP contribution in [0.2, 0.25) is 0 Å². The number of nitrogens with zero attached hydrogens (tertiary/aromatic N) is 1. The van der Waals surface area contributed by atoms with Gasteiger partial charge in [-0.05, 0) is 36.8 Å². The van der Waals surface area contributed by atoms with Crippen molar-refractivity contribution in [3.63, 3.8) is 0 Å². The second kappa shape index (κ2) is 5.65. The van der Waals surface area contributed by atoms with E-state index in [-0.39, 0.29) is 29.1 Å². The highest BCUT2D eigenvalue weighted by Crippen LogP contribution is 2.55. The molecule has 1 atom stereocenters. The Morgan fingerprint density at radius 3 is 2.62 bits per heavy atom. The van der Waals surface area contributed by atoms with Gasteiger partial charge in [0.1, 0.15) is 16.9 Å². The lowest BCUT2D eigenvalue weighted by molar-refractivity contribution is -0.590. The van der Waals surface area contributed by atoms with Gasteiger partial charge in [0.2, 0.25) is 0 Å². The number of unbranched alkanes of at least 4 members (excludes halogenated alkanes) is 1. The third kappa shape index (κ3) is 2.30. The molecule has 0 aliphatic carbocycles. The van der Waals surface area contributed by atoms with E-state index < -0.39 is 17.4 Å². The summed E-state index contributed by atoms with van der Waals surface area (Å²) in [4.78, 5) is 0. The fourth-order valence-electron chi connectivity index (χ4n) is 3.37. The van der Waals surface area contributed by atoms with Crippen molar-refractivity contribution in [3.8, 4) is 0 Å². The van der Waals surface area contributed by atoms with Crippen molar-refractivity contribution >= 4 is 11.5 Å². The topological polar surface area (TPSA) is 39.0 Å². The van der Waals surface area contributed by atoms with Gasteiger partial charge in [0.05, 0.1) is 11.8 Å². The monoisotopic (exact) mass is 340 g/mol. The molecule has 3 rings (SSSR count). The molecule has 0 fully saturated rings. The van der Waals surface area contributed by atoms with Crippen LogP contribution in [0.5, 0.6) is 0 Å². The minimum Gasteiger partial charge on any atom is -0.711 e. The van der Waals surface area contributed by atoms with Crippen LogP contribution in [0.3, 0.4) is 0 Å². The lowest BCUT2D eigenvalue weighted by atomic mass is 9.68. The summed E-state index contributed by atoms with van der Waals surface area (Å²) >= 11 is 0. The van der Waals surface area contributed by atoms with E-state index in [0.29, 0.717) is 17.6 Å². The molecule has 1 aliphatic heterocycles. The molecule has 0 saturated carbocycles. The summed E-state index contributed by atoms with van der Waals surface area (Å²) in [6, 6.07) is 5.80. The summed E-state index contributed by atoms with van der Waals surface area (Å²) in [7, 11) is 0. The molecule has 128 valence electrons. The Kier molecular flexibility index (Phi) is 3.89. The number of halogens is 4. The average Bonchev–Trinajstić information content (AvgIpc) is 2.51. The molecule has 2 heterocycles. The molecule has 0 saturated heterocycles. The summed E-state index contributed by atoms with van der Waals surface area (Å²) in [5.41, 5.74) is -2.65. The number of fused-ring (bicyclic) bond motifs is 2. The fourth-order valence-corrected chi connectivity index (χ4v) is 3.37. The second-order valence-electron chi connectivity index (χ2n) is 5.92. The normalized spacial score (nSPS) is 19.4. The van der Waals surface area contributed by atoms with Gasteiger partial charge < -0.3 is 5.21 Å².